The average molecular weight is 642 g/mol. The molecule has 0 bridgehead atoms. The molecular weight excluding hydrogens is 615 g/mol. The summed E-state index contributed by atoms with van der Waals surface area (Å²) < 4.78 is 4.57. The van der Waals surface area contributed by atoms with Gasteiger partial charge in [-0.3, -0.25) is 4.57 Å². The molecule has 0 saturated heterocycles. The maximum atomic E-state index is 4.94. The van der Waals surface area contributed by atoms with Gasteiger partial charge in [-0.1, -0.05) is 97.1 Å². The number of benzene rings is 6. The molecule has 0 aliphatic heterocycles. The van der Waals surface area contributed by atoms with E-state index in [9.17, 15) is 0 Å². The minimum absolute atomic E-state index is 0.627. The van der Waals surface area contributed by atoms with Crippen LogP contribution in [-0.2, 0) is 0 Å². The van der Waals surface area contributed by atoms with Gasteiger partial charge in [-0.15, -0.1) is 0 Å². The fraction of sp³-hybridized carbons (Fsp3) is 0. The van der Waals surface area contributed by atoms with Gasteiger partial charge in [0.15, 0.2) is 17.5 Å². The van der Waals surface area contributed by atoms with E-state index in [2.05, 4.69) is 99.0 Å². The van der Waals surface area contributed by atoms with Gasteiger partial charge in [-0.2, -0.15) is 0 Å². The van der Waals surface area contributed by atoms with E-state index >= 15 is 0 Å². The topological polar surface area (TPSA) is 74.3 Å². The van der Waals surface area contributed by atoms with Crippen LogP contribution >= 0.6 is 0 Å². The molecule has 0 unspecified atom stereocenters. The predicted octanol–water partition coefficient (Wildman–Crippen LogP) is 9.86. The third kappa shape index (κ3) is 4.41. The summed E-state index contributed by atoms with van der Waals surface area (Å²) in [5.41, 5.74) is 9.13. The lowest BCUT2D eigenvalue weighted by Crippen LogP contribution is -2.00. The number of nitrogens with zero attached hydrogens (tertiary/aromatic N) is 7. The molecule has 7 heteroatoms. The highest BCUT2D eigenvalue weighted by atomic mass is 15.1. The van der Waals surface area contributed by atoms with Crippen LogP contribution in [0.25, 0.3) is 89.3 Å². The molecule has 4 aromatic heterocycles. The highest BCUT2D eigenvalue weighted by Crippen LogP contribution is 2.41. The van der Waals surface area contributed by atoms with Crippen molar-refractivity contribution in [2.75, 3.05) is 0 Å². The molecule has 0 radical (unpaired) electrons. The van der Waals surface area contributed by atoms with Crippen molar-refractivity contribution >= 4 is 43.7 Å². The molecule has 6 aromatic carbocycles. The van der Waals surface area contributed by atoms with Gasteiger partial charge in [0, 0.05) is 55.8 Å². The Morgan fingerprint density at radius 3 is 1.52 bits per heavy atom. The third-order valence-electron chi connectivity index (χ3n) is 9.33. The first-order valence-electron chi connectivity index (χ1n) is 16.5. The van der Waals surface area contributed by atoms with Crippen molar-refractivity contribution in [2.24, 2.45) is 0 Å². The minimum atomic E-state index is 0.627. The molecule has 0 aliphatic rings. The molecule has 0 fully saturated rings. The molecule has 0 amide bonds. The summed E-state index contributed by atoms with van der Waals surface area (Å²) in [5, 5.41) is 4.51. The van der Waals surface area contributed by atoms with E-state index in [1.165, 1.54) is 10.8 Å². The summed E-state index contributed by atoms with van der Waals surface area (Å²) >= 11 is 0. The Morgan fingerprint density at radius 1 is 0.380 bits per heavy atom. The average Bonchev–Trinajstić information content (AvgIpc) is 3.72. The Morgan fingerprint density at radius 2 is 0.880 bits per heavy atom. The van der Waals surface area contributed by atoms with Crippen LogP contribution < -0.4 is 0 Å². The molecule has 0 aliphatic carbocycles. The third-order valence-corrected chi connectivity index (χ3v) is 9.33. The van der Waals surface area contributed by atoms with Crippen LogP contribution in [0.5, 0.6) is 0 Å². The summed E-state index contributed by atoms with van der Waals surface area (Å²) in [7, 11) is 0. The molecule has 4 heterocycles. The predicted molar refractivity (Wildman–Crippen MR) is 200 cm³/mol. The van der Waals surface area contributed by atoms with Crippen molar-refractivity contribution in [3.05, 3.63) is 164 Å². The molecule has 234 valence electrons. The van der Waals surface area contributed by atoms with Crippen molar-refractivity contribution in [3.63, 3.8) is 0 Å². The molecule has 0 saturated carbocycles. The van der Waals surface area contributed by atoms with Gasteiger partial charge in [-0.25, -0.2) is 24.9 Å². The molecule has 10 rings (SSSR count). The van der Waals surface area contributed by atoms with E-state index in [0.717, 1.165) is 61.0 Å². The second-order valence-electron chi connectivity index (χ2n) is 12.2. The molecule has 10 aromatic rings. The number of hydrogen-bond donors (Lipinski definition) is 0. The lowest BCUT2D eigenvalue weighted by Gasteiger charge is -2.11. The summed E-state index contributed by atoms with van der Waals surface area (Å²) in [6.45, 7) is 0. The fourth-order valence-electron chi connectivity index (χ4n) is 7.11. The van der Waals surface area contributed by atoms with Crippen molar-refractivity contribution < 1.29 is 0 Å². The monoisotopic (exact) mass is 641 g/mol. The van der Waals surface area contributed by atoms with Gasteiger partial charge in [-0.05, 0) is 54.6 Å². The Labute approximate surface area is 286 Å². The Balaban J connectivity index is 1.16. The van der Waals surface area contributed by atoms with Crippen LogP contribution in [0.15, 0.2) is 164 Å². The summed E-state index contributed by atoms with van der Waals surface area (Å²) in [5.74, 6) is 1.91. The molecular formula is C43H27N7. The Hall–Kier alpha value is -6.99. The fourth-order valence-corrected chi connectivity index (χ4v) is 7.11. The standard InChI is InChI=1S/C43H27N7/c1-4-12-28(13-5-1)40-46-41(29-14-6-2-7-15-29)48-42(47-40)30-20-22-32(23-21-30)49-35-19-11-10-18-33(35)38-36(49)24-25-37-39(38)34-26-44-27-45-43(34)50(37)31-16-8-3-9-17-31/h1-27H. The molecule has 0 atom stereocenters. The lowest BCUT2D eigenvalue weighted by atomic mass is 10.1. The number of rotatable bonds is 5. The minimum Gasteiger partial charge on any atom is -0.309 e. The lowest BCUT2D eigenvalue weighted by molar-refractivity contribution is 1.07. The zero-order chi connectivity index (χ0) is 33.0. The maximum Gasteiger partial charge on any atom is 0.164 e. The summed E-state index contributed by atoms with van der Waals surface area (Å²) in [6.07, 6.45) is 3.56. The van der Waals surface area contributed by atoms with E-state index in [1.807, 2.05) is 72.9 Å². The largest absolute Gasteiger partial charge is 0.309 e. The summed E-state index contributed by atoms with van der Waals surface area (Å²) in [6, 6.07) is 52.0. The number of aromatic nitrogens is 7. The van der Waals surface area contributed by atoms with Crippen molar-refractivity contribution in [2.45, 2.75) is 0 Å². The number of para-hydroxylation sites is 2. The SMILES string of the molecule is c1ccc(-c2nc(-c3ccccc3)nc(-c3ccc(-n4c5ccccc5c5c6c7cncnc7n(-c7ccccc7)c6ccc54)cc3)n2)cc1. The van der Waals surface area contributed by atoms with Gasteiger partial charge in [0.25, 0.3) is 0 Å². The van der Waals surface area contributed by atoms with Gasteiger partial charge in [0.1, 0.15) is 12.0 Å². The van der Waals surface area contributed by atoms with E-state index in [4.69, 9.17) is 19.9 Å². The van der Waals surface area contributed by atoms with E-state index in [-0.39, 0.29) is 0 Å². The van der Waals surface area contributed by atoms with E-state index < -0.39 is 0 Å². The van der Waals surface area contributed by atoms with Crippen LogP contribution in [0, 0.1) is 0 Å². The highest BCUT2D eigenvalue weighted by Gasteiger charge is 2.21. The van der Waals surface area contributed by atoms with Crippen molar-refractivity contribution in [3.8, 4) is 45.5 Å². The highest BCUT2D eigenvalue weighted by molar-refractivity contribution is 6.28. The smallest absolute Gasteiger partial charge is 0.164 e. The van der Waals surface area contributed by atoms with Crippen LogP contribution in [0.3, 0.4) is 0 Å². The zero-order valence-corrected chi connectivity index (χ0v) is 26.7. The maximum absolute atomic E-state index is 4.94. The first-order chi connectivity index (χ1) is 24.8. The van der Waals surface area contributed by atoms with E-state index in [1.54, 1.807) is 6.33 Å². The van der Waals surface area contributed by atoms with Gasteiger partial charge < -0.3 is 4.57 Å². The number of hydrogen-bond acceptors (Lipinski definition) is 5. The molecule has 7 nitrogen and oxygen atoms in total. The first kappa shape index (κ1) is 28.1. The van der Waals surface area contributed by atoms with Crippen LogP contribution in [0.2, 0.25) is 0 Å². The first-order valence-corrected chi connectivity index (χ1v) is 16.5. The molecule has 50 heavy (non-hydrogen) atoms. The van der Waals surface area contributed by atoms with Gasteiger partial charge in [0.05, 0.1) is 16.6 Å². The second kappa shape index (κ2) is 11.3. The second-order valence-corrected chi connectivity index (χ2v) is 12.2. The molecule has 0 spiro atoms. The van der Waals surface area contributed by atoms with Crippen molar-refractivity contribution in [1.29, 1.82) is 0 Å². The number of fused-ring (bicyclic) bond motifs is 7. The van der Waals surface area contributed by atoms with Crippen LogP contribution in [0.4, 0.5) is 0 Å². The normalized spacial score (nSPS) is 11.6. The van der Waals surface area contributed by atoms with Crippen LogP contribution in [-0.4, -0.2) is 34.1 Å². The van der Waals surface area contributed by atoms with Gasteiger partial charge in [0.2, 0.25) is 0 Å². The Kier molecular flexibility index (Phi) is 6.35. The van der Waals surface area contributed by atoms with Crippen LogP contribution in [0.1, 0.15) is 0 Å². The zero-order valence-electron chi connectivity index (χ0n) is 26.7. The van der Waals surface area contributed by atoms with Gasteiger partial charge >= 0.3 is 0 Å². The quantitative estimate of drug-likeness (QED) is 0.187. The van der Waals surface area contributed by atoms with E-state index in [0.29, 0.717) is 17.5 Å². The summed E-state index contributed by atoms with van der Waals surface area (Å²) in [4.78, 5) is 24.0. The molecule has 0 N–H and O–H groups in total. The van der Waals surface area contributed by atoms with Crippen molar-refractivity contribution in [1.82, 2.24) is 34.1 Å². The Bertz CT molecular complexity index is 2780.